The lowest BCUT2D eigenvalue weighted by molar-refractivity contribution is 0.673. The maximum Gasteiger partial charge on any atom is 0.144 e. The van der Waals surface area contributed by atoms with E-state index in [0.717, 1.165) is 71.9 Å². The van der Waals surface area contributed by atoms with Crippen LogP contribution in [-0.2, 0) is 5.41 Å². The Labute approximate surface area is 307 Å². The largest absolute Gasteiger partial charge is 0.455 e. The van der Waals surface area contributed by atoms with E-state index in [1.807, 2.05) is 6.07 Å². The number of hydrogen-bond acceptors (Lipinski definition) is 3. The van der Waals surface area contributed by atoms with E-state index in [4.69, 9.17) is 9.40 Å². The Hall–Kier alpha value is -6.97. The van der Waals surface area contributed by atoms with E-state index < -0.39 is 5.41 Å². The molecule has 1 aliphatic heterocycles. The molecule has 11 rings (SSSR count). The molecule has 0 spiro atoms. The van der Waals surface area contributed by atoms with Gasteiger partial charge < -0.3 is 9.32 Å². The lowest BCUT2D eigenvalue weighted by Gasteiger charge is -2.46. The van der Waals surface area contributed by atoms with Crippen molar-refractivity contribution in [2.45, 2.75) is 5.41 Å². The highest BCUT2D eigenvalue weighted by Crippen LogP contribution is 2.57. The van der Waals surface area contributed by atoms with Crippen LogP contribution in [0.5, 0.6) is 0 Å². The standard InChI is InChI=1S/C50H32N2O/c1-4-16-33(17-5-1)48-39-30-29-37-40-32-36(28-31-46(40)53-49(37)47(39)38-22-10-13-25-43(38)51-48)52-44-26-14-11-23-41(44)50(34-18-6-2-7-19-34,35-20-8-3-9-21-35)42-24-12-15-27-45(42)52/h1-32H. The van der Waals surface area contributed by atoms with Gasteiger partial charge >= 0.3 is 0 Å². The molecule has 3 heterocycles. The molecule has 0 saturated carbocycles. The molecule has 10 aromatic rings. The van der Waals surface area contributed by atoms with Crippen molar-refractivity contribution < 1.29 is 4.42 Å². The number of pyridine rings is 1. The van der Waals surface area contributed by atoms with Crippen LogP contribution < -0.4 is 4.90 Å². The highest BCUT2D eigenvalue weighted by atomic mass is 16.3. The van der Waals surface area contributed by atoms with Gasteiger partial charge in [-0.3, -0.25) is 0 Å². The van der Waals surface area contributed by atoms with Gasteiger partial charge in [0, 0.05) is 38.2 Å². The molecule has 0 bridgehead atoms. The number of nitrogens with zero attached hydrogens (tertiary/aromatic N) is 2. The number of fused-ring (bicyclic) bond motifs is 9. The van der Waals surface area contributed by atoms with E-state index in [0.29, 0.717) is 0 Å². The predicted octanol–water partition coefficient (Wildman–Crippen LogP) is 13.1. The Morgan fingerprint density at radius 2 is 1.02 bits per heavy atom. The molecule has 0 saturated heterocycles. The molecule has 1 aliphatic rings. The van der Waals surface area contributed by atoms with Crippen LogP contribution in [0.2, 0.25) is 0 Å². The van der Waals surface area contributed by atoms with Crippen LogP contribution in [0.4, 0.5) is 17.1 Å². The molecule has 3 nitrogen and oxygen atoms in total. The van der Waals surface area contributed by atoms with Crippen LogP contribution >= 0.6 is 0 Å². The van der Waals surface area contributed by atoms with E-state index in [1.54, 1.807) is 0 Å². The topological polar surface area (TPSA) is 29.3 Å². The van der Waals surface area contributed by atoms with Crippen molar-refractivity contribution in [3.8, 4) is 11.3 Å². The van der Waals surface area contributed by atoms with Crippen LogP contribution in [0.25, 0.3) is 54.9 Å². The van der Waals surface area contributed by atoms with Crippen molar-refractivity contribution in [1.82, 2.24) is 4.98 Å². The maximum atomic E-state index is 6.85. The molecule has 0 radical (unpaired) electrons. The molecule has 248 valence electrons. The van der Waals surface area contributed by atoms with E-state index in [2.05, 4.69) is 193 Å². The summed E-state index contributed by atoms with van der Waals surface area (Å²) in [5.41, 5.74) is 12.6. The van der Waals surface area contributed by atoms with Crippen molar-refractivity contribution in [2.75, 3.05) is 4.90 Å². The lowest BCUT2D eigenvalue weighted by atomic mass is 9.62. The molecule has 0 fully saturated rings. The van der Waals surface area contributed by atoms with E-state index in [-0.39, 0.29) is 0 Å². The number of aromatic nitrogens is 1. The predicted molar refractivity (Wildman–Crippen MR) is 219 cm³/mol. The second kappa shape index (κ2) is 11.5. The van der Waals surface area contributed by atoms with Crippen LogP contribution in [0.15, 0.2) is 199 Å². The van der Waals surface area contributed by atoms with Crippen molar-refractivity contribution >= 4 is 60.7 Å². The van der Waals surface area contributed by atoms with Crippen LogP contribution in [-0.4, -0.2) is 4.98 Å². The molecule has 0 atom stereocenters. The molecule has 2 aromatic heterocycles. The first kappa shape index (κ1) is 29.7. The fourth-order valence-corrected chi connectivity index (χ4v) is 8.90. The minimum absolute atomic E-state index is 0.511. The minimum atomic E-state index is -0.511. The molecule has 0 unspecified atom stereocenters. The van der Waals surface area contributed by atoms with Gasteiger partial charge in [0.15, 0.2) is 0 Å². The quantitative estimate of drug-likeness (QED) is 0.174. The number of hydrogen-bond donors (Lipinski definition) is 0. The molecule has 0 N–H and O–H groups in total. The van der Waals surface area contributed by atoms with Gasteiger partial charge in [0.05, 0.1) is 28.0 Å². The summed E-state index contributed by atoms with van der Waals surface area (Å²) in [6, 6.07) is 69.6. The highest BCUT2D eigenvalue weighted by Gasteiger charge is 2.46. The second-order valence-corrected chi connectivity index (χ2v) is 13.8. The molecular formula is C50H32N2O. The zero-order chi connectivity index (χ0) is 34.9. The summed E-state index contributed by atoms with van der Waals surface area (Å²) >= 11 is 0. The van der Waals surface area contributed by atoms with Gasteiger partial charge in [-0.25, -0.2) is 4.98 Å². The van der Waals surface area contributed by atoms with E-state index in [9.17, 15) is 0 Å². The van der Waals surface area contributed by atoms with E-state index >= 15 is 0 Å². The number of rotatable bonds is 4. The maximum absolute atomic E-state index is 6.85. The molecule has 3 heteroatoms. The molecule has 8 aromatic carbocycles. The highest BCUT2D eigenvalue weighted by molar-refractivity contribution is 6.25. The Balaban J connectivity index is 1.17. The minimum Gasteiger partial charge on any atom is -0.455 e. The normalized spacial score (nSPS) is 13.4. The van der Waals surface area contributed by atoms with E-state index in [1.165, 1.54) is 22.3 Å². The average molecular weight is 677 g/mol. The summed E-state index contributed by atoms with van der Waals surface area (Å²) in [6.07, 6.45) is 0. The number of para-hydroxylation sites is 3. The Kier molecular flexibility index (Phi) is 6.47. The fraction of sp³-hybridized carbons (Fsp3) is 0.0200. The Bertz CT molecular complexity index is 2910. The first-order valence-electron chi connectivity index (χ1n) is 18.1. The Morgan fingerprint density at radius 3 is 1.70 bits per heavy atom. The summed E-state index contributed by atoms with van der Waals surface area (Å²) in [5.74, 6) is 0. The van der Waals surface area contributed by atoms with Crippen molar-refractivity contribution in [3.63, 3.8) is 0 Å². The average Bonchev–Trinajstić information content (AvgIpc) is 3.61. The van der Waals surface area contributed by atoms with Crippen molar-refractivity contribution in [1.29, 1.82) is 0 Å². The zero-order valence-corrected chi connectivity index (χ0v) is 28.8. The fourth-order valence-electron chi connectivity index (χ4n) is 8.90. The van der Waals surface area contributed by atoms with Gasteiger partial charge in [0.2, 0.25) is 0 Å². The van der Waals surface area contributed by atoms with Crippen LogP contribution in [0, 0.1) is 0 Å². The SMILES string of the molecule is c1ccc(-c2nc3ccccc3c3c2ccc2c4cc(N5c6ccccc6C(c6ccccc6)(c6ccccc6)c6ccccc65)ccc4oc23)cc1. The summed E-state index contributed by atoms with van der Waals surface area (Å²) < 4.78 is 6.85. The van der Waals surface area contributed by atoms with Gasteiger partial charge in [0.25, 0.3) is 0 Å². The number of furan rings is 1. The van der Waals surface area contributed by atoms with Crippen LogP contribution in [0.1, 0.15) is 22.3 Å². The van der Waals surface area contributed by atoms with Gasteiger partial charge in [-0.1, -0.05) is 152 Å². The first-order chi connectivity index (χ1) is 26.3. The summed E-state index contributed by atoms with van der Waals surface area (Å²) in [7, 11) is 0. The van der Waals surface area contributed by atoms with Crippen LogP contribution in [0.3, 0.4) is 0 Å². The first-order valence-corrected chi connectivity index (χ1v) is 18.1. The molecule has 0 aliphatic carbocycles. The monoisotopic (exact) mass is 676 g/mol. The number of anilines is 3. The van der Waals surface area contributed by atoms with Gasteiger partial charge in [-0.05, 0) is 64.7 Å². The summed E-state index contributed by atoms with van der Waals surface area (Å²) in [6.45, 7) is 0. The third-order valence-electron chi connectivity index (χ3n) is 11.1. The number of benzene rings is 8. The molecule has 0 amide bonds. The van der Waals surface area contributed by atoms with Crippen molar-refractivity contribution in [2.24, 2.45) is 0 Å². The summed E-state index contributed by atoms with van der Waals surface area (Å²) in [5, 5.41) is 5.43. The second-order valence-electron chi connectivity index (χ2n) is 13.8. The van der Waals surface area contributed by atoms with Gasteiger partial charge in [0.1, 0.15) is 11.2 Å². The lowest BCUT2D eigenvalue weighted by Crippen LogP contribution is -2.37. The summed E-state index contributed by atoms with van der Waals surface area (Å²) in [4.78, 5) is 7.59. The van der Waals surface area contributed by atoms with Gasteiger partial charge in [-0.15, -0.1) is 0 Å². The molecular weight excluding hydrogens is 645 g/mol. The third-order valence-corrected chi connectivity index (χ3v) is 11.1. The van der Waals surface area contributed by atoms with Gasteiger partial charge in [-0.2, -0.15) is 0 Å². The molecule has 53 heavy (non-hydrogen) atoms. The Morgan fingerprint density at radius 1 is 0.453 bits per heavy atom. The third kappa shape index (κ3) is 4.25. The smallest absolute Gasteiger partial charge is 0.144 e. The van der Waals surface area contributed by atoms with Crippen molar-refractivity contribution in [3.05, 3.63) is 216 Å². The zero-order valence-electron chi connectivity index (χ0n) is 28.8.